The molecule has 1 aliphatic rings. The fraction of sp³-hybridized carbons (Fsp3) is 0.364. The van der Waals surface area contributed by atoms with Crippen LogP contribution in [-0.2, 0) is 14.9 Å². The molecule has 1 atom stereocenters. The van der Waals surface area contributed by atoms with E-state index in [2.05, 4.69) is 15.9 Å². The van der Waals surface area contributed by atoms with Crippen molar-refractivity contribution in [1.29, 1.82) is 0 Å². The third-order valence-corrected chi connectivity index (χ3v) is 4.78. The number of hydrogen-bond donors (Lipinski definition) is 2. The third kappa shape index (κ3) is 2.90. The highest BCUT2D eigenvalue weighted by molar-refractivity contribution is 9.09. The van der Waals surface area contributed by atoms with Gasteiger partial charge in [-0.15, -0.1) is 0 Å². The quantitative estimate of drug-likeness (QED) is 0.486. The molecule has 1 aromatic carbocycles. The Labute approximate surface area is 119 Å². The van der Waals surface area contributed by atoms with Gasteiger partial charge in [0, 0.05) is 18.3 Å². The minimum atomic E-state index is -4.29. The number of anilines is 2. The summed E-state index contributed by atoms with van der Waals surface area (Å²) in [5, 5.41) is 0.720. The summed E-state index contributed by atoms with van der Waals surface area (Å²) in [7, 11) is -4.29. The summed E-state index contributed by atoms with van der Waals surface area (Å²) in [4.78, 5) is 13.1. The van der Waals surface area contributed by atoms with Crippen LogP contribution in [0.1, 0.15) is 6.42 Å². The van der Waals surface area contributed by atoms with Gasteiger partial charge in [0.05, 0.1) is 16.3 Å². The van der Waals surface area contributed by atoms with Crippen molar-refractivity contribution in [3.63, 3.8) is 0 Å². The number of nitrogens with zero attached hydrogens (tertiary/aromatic N) is 1. The van der Waals surface area contributed by atoms with Gasteiger partial charge in [-0.2, -0.15) is 8.42 Å². The molecule has 0 aromatic heterocycles. The van der Waals surface area contributed by atoms with E-state index in [4.69, 9.17) is 10.3 Å². The van der Waals surface area contributed by atoms with Crippen LogP contribution in [0, 0.1) is 5.92 Å². The summed E-state index contributed by atoms with van der Waals surface area (Å²) in [6, 6.07) is 3.82. The first-order chi connectivity index (χ1) is 8.82. The molecule has 1 unspecified atom stereocenters. The monoisotopic (exact) mass is 348 g/mol. The summed E-state index contributed by atoms with van der Waals surface area (Å²) >= 11 is 3.34. The molecule has 0 aliphatic carbocycles. The molecule has 0 bridgehead atoms. The Kier molecular flexibility index (Phi) is 3.84. The van der Waals surface area contributed by atoms with Crippen molar-refractivity contribution in [3.8, 4) is 0 Å². The number of nitrogens with two attached hydrogens (primary N) is 1. The van der Waals surface area contributed by atoms with E-state index in [1.54, 1.807) is 0 Å². The normalized spacial score (nSPS) is 20.0. The molecular weight excluding hydrogens is 336 g/mol. The number of carbonyl (C=O) groups excluding carboxylic acids is 1. The molecule has 3 N–H and O–H groups in total. The van der Waals surface area contributed by atoms with Gasteiger partial charge in [0.15, 0.2) is 0 Å². The van der Waals surface area contributed by atoms with Crippen LogP contribution in [0.3, 0.4) is 0 Å². The van der Waals surface area contributed by atoms with E-state index in [9.17, 15) is 13.2 Å². The van der Waals surface area contributed by atoms with Crippen molar-refractivity contribution >= 4 is 43.3 Å². The molecule has 8 heteroatoms. The molecule has 1 fully saturated rings. The van der Waals surface area contributed by atoms with E-state index in [1.165, 1.54) is 17.0 Å². The predicted octanol–water partition coefficient (Wildman–Crippen LogP) is 1.26. The van der Waals surface area contributed by atoms with Gasteiger partial charge in [0.2, 0.25) is 5.91 Å². The highest BCUT2D eigenvalue weighted by atomic mass is 79.9. The van der Waals surface area contributed by atoms with E-state index in [1.807, 2.05) is 0 Å². The first-order valence-corrected chi connectivity index (χ1v) is 8.12. The smallest absolute Gasteiger partial charge is 0.294 e. The highest BCUT2D eigenvalue weighted by Gasteiger charge is 2.31. The minimum absolute atomic E-state index is 0.0456. The first kappa shape index (κ1) is 14.3. The van der Waals surface area contributed by atoms with Crippen molar-refractivity contribution in [2.75, 3.05) is 22.5 Å². The molecule has 0 spiro atoms. The summed E-state index contributed by atoms with van der Waals surface area (Å²) in [6.45, 7) is 0.541. The Hall–Kier alpha value is -1.12. The lowest BCUT2D eigenvalue weighted by Crippen LogP contribution is -2.25. The van der Waals surface area contributed by atoms with Crippen molar-refractivity contribution < 1.29 is 17.8 Å². The van der Waals surface area contributed by atoms with Gasteiger partial charge in [0.25, 0.3) is 10.1 Å². The molecule has 1 saturated heterocycles. The molecule has 0 saturated carbocycles. The van der Waals surface area contributed by atoms with E-state index in [-0.39, 0.29) is 22.4 Å². The lowest BCUT2D eigenvalue weighted by molar-refractivity contribution is -0.117. The van der Waals surface area contributed by atoms with E-state index < -0.39 is 10.1 Å². The Morgan fingerprint density at radius 2 is 2.16 bits per heavy atom. The van der Waals surface area contributed by atoms with E-state index in [0.29, 0.717) is 18.7 Å². The summed E-state index contributed by atoms with van der Waals surface area (Å²) in [6.07, 6.45) is 0.435. The predicted molar refractivity (Wildman–Crippen MR) is 74.9 cm³/mol. The van der Waals surface area contributed by atoms with Crippen molar-refractivity contribution in [3.05, 3.63) is 18.2 Å². The maximum Gasteiger partial charge on any atom is 0.294 e. The second-order valence-electron chi connectivity index (χ2n) is 4.42. The first-order valence-electron chi connectivity index (χ1n) is 5.56. The molecule has 1 heterocycles. The second kappa shape index (κ2) is 5.10. The van der Waals surface area contributed by atoms with Crippen LogP contribution >= 0.6 is 15.9 Å². The van der Waals surface area contributed by atoms with E-state index in [0.717, 1.165) is 11.4 Å². The maximum atomic E-state index is 11.9. The fourth-order valence-electron chi connectivity index (χ4n) is 2.06. The molecular formula is C11H13BrN2O4S. The number of carbonyl (C=O) groups is 1. The van der Waals surface area contributed by atoms with Gasteiger partial charge < -0.3 is 10.6 Å². The third-order valence-electron chi connectivity index (χ3n) is 3.01. The molecule has 19 heavy (non-hydrogen) atoms. The van der Waals surface area contributed by atoms with Crippen LogP contribution in [0.2, 0.25) is 0 Å². The molecule has 6 nitrogen and oxygen atoms in total. The molecule has 1 aliphatic heterocycles. The highest BCUT2D eigenvalue weighted by Crippen LogP contribution is 2.31. The topological polar surface area (TPSA) is 101 Å². The van der Waals surface area contributed by atoms with Gasteiger partial charge >= 0.3 is 0 Å². The Morgan fingerprint density at radius 3 is 2.63 bits per heavy atom. The maximum absolute atomic E-state index is 11.9. The summed E-state index contributed by atoms with van der Waals surface area (Å²) in [5.41, 5.74) is 6.39. The van der Waals surface area contributed by atoms with Crippen LogP contribution in [0.5, 0.6) is 0 Å². The van der Waals surface area contributed by atoms with Crippen LogP contribution < -0.4 is 10.6 Å². The molecule has 1 amide bonds. The van der Waals surface area contributed by atoms with Gasteiger partial charge in [-0.05, 0) is 24.1 Å². The number of amides is 1. The number of benzene rings is 1. The lowest BCUT2D eigenvalue weighted by atomic mass is 10.2. The number of alkyl halides is 1. The van der Waals surface area contributed by atoms with E-state index >= 15 is 0 Å². The zero-order valence-corrected chi connectivity index (χ0v) is 12.3. The fourth-order valence-corrected chi connectivity index (χ4v) is 3.01. The Morgan fingerprint density at radius 1 is 1.47 bits per heavy atom. The molecule has 2 rings (SSSR count). The van der Waals surface area contributed by atoms with Crippen molar-refractivity contribution in [2.45, 2.75) is 11.3 Å². The number of hydrogen-bond acceptors (Lipinski definition) is 4. The van der Waals surface area contributed by atoms with Gasteiger partial charge in [-0.3, -0.25) is 9.35 Å². The van der Waals surface area contributed by atoms with Crippen LogP contribution in [0.25, 0.3) is 0 Å². The number of nitrogen functional groups attached to an aromatic ring is 1. The average Bonchev–Trinajstić information content (AvgIpc) is 2.69. The zero-order valence-electron chi connectivity index (χ0n) is 9.91. The van der Waals surface area contributed by atoms with Crippen molar-refractivity contribution in [1.82, 2.24) is 0 Å². The molecule has 104 valence electrons. The second-order valence-corrected chi connectivity index (χ2v) is 6.49. The average molecular weight is 349 g/mol. The number of halogens is 1. The summed E-state index contributed by atoms with van der Waals surface area (Å²) < 4.78 is 30.9. The zero-order chi connectivity index (χ0) is 14.2. The van der Waals surface area contributed by atoms with Gasteiger partial charge in [0.1, 0.15) is 0 Å². The van der Waals surface area contributed by atoms with Crippen LogP contribution in [0.15, 0.2) is 23.1 Å². The molecule has 0 radical (unpaired) electrons. The van der Waals surface area contributed by atoms with Gasteiger partial charge in [-0.25, -0.2) is 0 Å². The van der Waals surface area contributed by atoms with Crippen LogP contribution in [0.4, 0.5) is 11.4 Å². The number of rotatable bonds is 3. The van der Waals surface area contributed by atoms with Crippen LogP contribution in [-0.4, -0.2) is 30.8 Å². The Bertz CT molecular complexity index is 617. The molecule has 1 aromatic rings. The lowest BCUT2D eigenvalue weighted by Gasteiger charge is -2.18. The SMILES string of the molecule is Nc1cc(S(=O)(=O)O)ccc1N1CC(CBr)CC1=O. The minimum Gasteiger partial charge on any atom is -0.397 e. The largest absolute Gasteiger partial charge is 0.397 e. The van der Waals surface area contributed by atoms with Gasteiger partial charge in [-0.1, -0.05) is 15.9 Å². The Balaban J connectivity index is 2.35. The standard InChI is InChI=1S/C11H13BrN2O4S/c12-5-7-3-11(15)14(6-7)10-2-1-8(4-9(10)13)19(16,17)18/h1-2,4,7H,3,5-6,13H2,(H,16,17,18). The van der Waals surface area contributed by atoms with Crippen molar-refractivity contribution in [2.24, 2.45) is 5.92 Å². The summed E-state index contributed by atoms with van der Waals surface area (Å²) in [5.74, 6) is 0.170.